The van der Waals surface area contributed by atoms with Crippen LogP contribution < -0.4 is 5.32 Å². The molecule has 1 heterocycles. The van der Waals surface area contributed by atoms with Crippen molar-refractivity contribution in [2.75, 3.05) is 13.1 Å². The average Bonchev–Trinajstić information content (AvgIpc) is 2.70. The quantitative estimate of drug-likeness (QED) is 0.794. The number of sulfonamides is 1. The second kappa shape index (κ2) is 8.59. The summed E-state index contributed by atoms with van der Waals surface area (Å²) in [5.74, 6) is -0.902. The van der Waals surface area contributed by atoms with Gasteiger partial charge in [-0.1, -0.05) is 35.9 Å². The summed E-state index contributed by atoms with van der Waals surface area (Å²) in [5.41, 5.74) is 0.712. The standard InChI is InChI=1S/C20H22ClFN2O3S/c1-14(16-7-8-19(22)18(21)13-16)23-20(25)15-9-11-24(12-10-15)28(26,27)17-5-3-2-4-6-17/h2-8,13-15H,9-12H2,1H3,(H,23,25). The minimum atomic E-state index is -3.53. The van der Waals surface area contributed by atoms with Gasteiger partial charge in [0.2, 0.25) is 15.9 Å². The van der Waals surface area contributed by atoms with E-state index in [1.807, 2.05) is 0 Å². The maximum atomic E-state index is 13.3. The molecule has 0 radical (unpaired) electrons. The third kappa shape index (κ3) is 4.54. The fourth-order valence-corrected chi connectivity index (χ4v) is 4.98. The fraction of sp³-hybridized carbons (Fsp3) is 0.350. The zero-order chi connectivity index (χ0) is 20.3. The number of benzene rings is 2. The maximum absolute atomic E-state index is 13.3. The van der Waals surface area contributed by atoms with Crippen LogP contribution in [0.1, 0.15) is 31.4 Å². The number of hydrogen-bond donors (Lipinski definition) is 1. The van der Waals surface area contributed by atoms with Gasteiger partial charge in [-0.2, -0.15) is 4.31 Å². The third-order valence-corrected chi connectivity index (χ3v) is 7.21. The molecule has 150 valence electrons. The number of hydrogen-bond acceptors (Lipinski definition) is 3. The van der Waals surface area contributed by atoms with Crippen LogP contribution in [0.5, 0.6) is 0 Å². The molecule has 0 aromatic heterocycles. The molecule has 3 rings (SSSR count). The summed E-state index contributed by atoms with van der Waals surface area (Å²) in [6.07, 6.45) is 0.906. The Labute approximate surface area is 169 Å². The molecule has 8 heteroatoms. The molecule has 1 aliphatic rings. The zero-order valence-electron chi connectivity index (χ0n) is 15.4. The second-order valence-electron chi connectivity index (χ2n) is 6.90. The van der Waals surface area contributed by atoms with Crippen LogP contribution >= 0.6 is 11.6 Å². The van der Waals surface area contributed by atoms with Crippen molar-refractivity contribution < 1.29 is 17.6 Å². The molecule has 1 fully saturated rings. The van der Waals surface area contributed by atoms with Crippen molar-refractivity contribution in [1.29, 1.82) is 0 Å². The summed E-state index contributed by atoms with van der Waals surface area (Å²) in [7, 11) is -3.53. The Morgan fingerprint density at radius 1 is 1.18 bits per heavy atom. The molecule has 1 unspecified atom stereocenters. The van der Waals surface area contributed by atoms with Gasteiger partial charge in [-0.25, -0.2) is 12.8 Å². The van der Waals surface area contributed by atoms with E-state index in [0.29, 0.717) is 31.5 Å². The van der Waals surface area contributed by atoms with Gasteiger partial charge in [0.05, 0.1) is 16.0 Å². The molecule has 1 saturated heterocycles. The maximum Gasteiger partial charge on any atom is 0.243 e. The number of carbonyl (C=O) groups is 1. The number of rotatable bonds is 5. The number of halogens is 2. The lowest BCUT2D eigenvalue weighted by molar-refractivity contribution is -0.126. The molecule has 1 amide bonds. The molecule has 28 heavy (non-hydrogen) atoms. The Kier molecular flexibility index (Phi) is 6.37. The molecule has 0 saturated carbocycles. The number of piperidine rings is 1. The molecule has 1 aliphatic heterocycles. The lowest BCUT2D eigenvalue weighted by Gasteiger charge is -2.31. The molecule has 2 aromatic carbocycles. The Morgan fingerprint density at radius 3 is 2.43 bits per heavy atom. The van der Waals surface area contributed by atoms with Gasteiger partial charge in [0, 0.05) is 19.0 Å². The molecule has 2 aromatic rings. The van der Waals surface area contributed by atoms with Gasteiger partial charge in [0.1, 0.15) is 5.82 Å². The first kappa shape index (κ1) is 20.8. The summed E-state index contributed by atoms with van der Waals surface area (Å²) >= 11 is 5.80. The van der Waals surface area contributed by atoms with Crippen LogP contribution in [0.3, 0.4) is 0 Å². The van der Waals surface area contributed by atoms with E-state index in [4.69, 9.17) is 11.6 Å². The minimum Gasteiger partial charge on any atom is -0.349 e. The Bertz CT molecular complexity index is 945. The lowest BCUT2D eigenvalue weighted by Crippen LogP contribution is -2.43. The van der Waals surface area contributed by atoms with Crippen molar-refractivity contribution in [3.05, 3.63) is 64.9 Å². The summed E-state index contributed by atoms with van der Waals surface area (Å²) in [6, 6.07) is 12.3. The molecular formula is C20H22ClFN2O3S. The van der Waals surface area contributed by atoms with Gasteiger partial charge in [0.15, 0.2) is 0 Å². The van der Waals surface area contributed by atoms with Gasteiger partial charge in [-0.3, -0.25) is 4.79 Å². The van der Waals surface area contributed by atoms with Crippen molar-refractivity contribution in [2.45, 2.75) is 30.7 Å². The van der Waals surface area contributed by atoms with Gasteiger partial charge < -0.3 is 5.32 Å². The van der Waals surface area contributed by atoms with Gasteiger partial charge in [-0.05, 0) is 49.6 Å². The van der Waals surface area contributed by atoms with Gasteiger partial charge >= 0.3 is 0 Å². The summed E-state index contributed by atoms with van der Waals surface area (Å²) < 4.78 is 40.1. The minimum absolute atomic E-state index is 0.0121. The van der Waals surface area contributed by atoms with Crippen molar-refractivity contribution in [1.82, 2.24) is 9.62 Å². The topological polar surface area (TPSA) is 66.5 Å². The smallest absolute Gasteiger partial charge is 0.243 e. The molecule has 1 N–H and O–H groups in total. The highest BCUT2D eigenvalue weighted by Crippen LogP contribution is 2.25. The normalized spacial score (nSPS) is 17.2. The van der Waals surface area contributed by atoms with Gasteiger partial charge in [-0.15, -0.1) is 0 Å². The molecule has 1 atom stereocenters. The number of carbonyl (C=O) groups excluding carboxylic acids is 1. The van der Waals surface area contributed by atoms with Crippen LogP contribution in [-0.4, -0.2) is 31.7 Å². The van der Waals surface area contributed by atoms with Crippen LogP contribution in [0.15, 0.2) is 53.4 Å². The van der Waals surface area contributed by atoms with Crippen LogP contribution in [0.25, 0.3) is 0 Å². The second-order valence-corrected chi connectivity index (χ2v) is 9.24. The van der Waals surface area contributed by atoms with E-state index in [1.54, 1.807) is 43.3 Å². The van der Waals surface area contributed by atoms with Crippen molar-refractivity contribution in [2.24, 2.45) is 5.92 Å². The fourth-order valence-electron chi connectivity index (χ4n) is 3.30. The van der Waals surface area contributed by atoms with Crippen LogP contribution in [0.2, 0.25) is 5.02 Å². The predicted molar refractivity (Wildman–Crippen MR) is 106 cm³/mol. The van der Waals surface area contributed by atoms with Gasteiger partial charge in [0.25, 0.3) is 0 Å². The van der Waals surface area contributed by atoms with Crippen molar-refractivity contribution in [3.8, 4) is 0 Å². The molecule has 0 aliphatic carbocycles. The van der Waals surface area contributed by atoms with Crippen LogP contribution in [-0.2, 0) is 14.8 Å². The van der Waals surface area contributed by atoms with E-state index in [2.05, 4.69) is 5.32 Å². The Morgan fingerprint density at radius 2 is 1.82 bits per heavy atom. The largest absolute Gasteiger partial charge is 0.349 e. The van der Waals surface area contributed by atoms with Crippen molar-refractivity contribution >= 4 is 27.5 Å². The summed E-state index contributed by atoms with van der Waals surface area (Å²) in [4.78, 5) is 12.8. The summed E-state index contributed by atoms with van der Waals surface area (Å²) in [6.45, 7) is 2.40. The highest BCUT2D eigenvalue weighted by atomic mass is 35.5. The summed E-state index contributed by atoms with van der Waals surface area (Å²) in [5, 5.41) is 2.92. The third-order valence-electron chi connectivity index (χ3n) is 5.01. The first-order valence-electron chi connectivity index (χ1n) is 9.09. The Balaban J connectivity index is 1.58. The predicted octanol–water partition coefficient (Wildman–Crippen LogP) is 3.76. The number of nitrogens with one attached hydrogen (secondary N) is 1. The molecule has 0 spiro atoms. The van der Waals surface area contributed by atoms with E-state index < -0.39 is 15.8 Å². The SMILES string of the molecule is CC(NC(=O)C1CCN(S(=O)(=O)c2ccccc2)CC1)c1ccc(F)c(Cl)c1. The monoisotopic (exact) mass is 424 g/mol. The van der Waals surface area contributed by atoms with E-state index in [1.165, 1.54) is 16.4 Å². The highest BCUT2D eigenvalue weighted by molar-refractivity contribution is 7.89. The molecule has 5 nitrogen and oxygen atoms in total. The van der Waals surface area contributed by atoms with Crippen molar-refractivity contribution in [3.63, 3.8) is 0 Å². The number of amides is 1. The molecule has 0 bridgehead atoms. The lowest BCUT2D eigenvalue weighted by atomic mass is 9.96. The average molecular weight is 425 g/mol. The van der Waals surface area contributed by atoms with E-state index in [0.717, 1.165) is 0 Å². The highest BCUT2D eigenvalue weighted by Gasteiger charge is 2.32. The first-order valence-corrected chi connectivity index (χ1v) is 10.9. The zero-order valence-corrected chi connectivity index (χ0v) is 17.0. The van der Waals surface area contributed by atoms with E-state index in [-0.39, 0.29) is 27.8 Å². The van der Waals surface area contributed by atoms with Crippen LogP contribution in [0, 0.1) is 11.7 Å². The van der Waals surface area contributed by atoms with E-state index in [9.17, 15) is 17.6 Å². The van der Waals surface area contributed by atoms with Crippen LogP contribution in [0.4, 0.5) is 4.39 Å². The number of nitrogens with zero attached hydrogens (tertiary/aromatic N) is 1. The molecular weight excluding hydrogens is 403 g/mol. The van der Waals surface area contributed by atoms with E-state index >= 15 is 0 Å². The first-order chi connectivity index (χ1) is 13.3. The Hall–Kier alpha value is -1.96.